The highest BCUT2D eigenvalue weighted by molar-refractivity contribution is 7.92. The lowest BCUT2D eigenvalue weighted by Crippen LogP contribution is -2.36. The van der Waals surface area contributed by atoms with Gasteiger partial charge in [0, 0.05) is 12.6 Å². The van der Waals surface area contributed by atoms with Gasteiger partial charge in [-0.05, 0) is 19.3 Å². The lowest BCUT2D eigenvalue weighted by Gasteiger charge is -2.22. The van der Waals surface area contributed by atoms with Gasteiger partial charge in [-0.25, -0.2) is 16.8 Å². The molecule has 0 aromatic heterocycles. The zero-order valence-corrected chi connectivity index (χ0v) is 12.8. The van der Waals surface area contributed by atoms with Crippen molar-refractivity contribution in [2.24, 2.45) is 0 Å². The summed E-state index contributed by atoms with van der Waals surface area (Å²) in [6, 6.07) is -0.0634. The Bertz CT molecular complexity index is 492. The van der Waals surface area contributed by atoms with Crippen LogP contribution in [0.3, 0.4) is 0 Å². The molecule has 0 aromatic rings. The highest BCUT2D eigenvalue weighted by atomic mass is 32.2. The lowest BCUT2D eigenvalue weighted by molar-refractivity contribution is 0.481. The van der Waals surface area contributed by atoms with Gasteiger partial charge in [-0.1, -0.05) is 19.3 Å². The first-order valence-corrected chi connectivity index (χ1v) is 10.6. The first kappa shape index (κ1) is 15.3. The molecule has 0 aromatic carbocycles. The van der Waals surface area contributed by atoms with E-state index in [4.69, 9.17) is 0 Å². The van der Waals surface area contributed by atoms with Crippen LogP contribution < -0.4 is 5.32 Å². The second kappa shape index (κ2) is 6.10. The fourth-order valence-electron chi connectivity index (χ4n) is 2.95. The minimum atomic E-state index is -3.02. The van der Waals surface area contributed by atoms with Crippen LogP contribution in [0.1, 0.15) is 38.5 Å². The summed E-state index contributed by atoms with van der Waals surface area (Å²) in [5.41, 5.74) is 0. The molecular formula is C12H23NO4S2. The average Bonchev–Trinajstić information content (AvgIpc) is 2.70. The van der Waals surface area contributed by atoms with Gasteiger partial charge in [-0.3, -0.25) is 0 Å². The Morgan fingerprint density at radius 2 is 1.74 bits per heavy atom. The molecule has 1 aliphatic heterocycles. The van der Waals surface area contributed by atoms with E-state index in [-0.39, 0.29) is 28.6 Å². The van der Waals surface area contributed by atoms with E-state index < -0.39 is 19.7 Å². The molecule has 1 N–H and O–H groups in total. The summed E-state index contributed by atoms with van der Waals surface area (Å²) in [4.78, 5) is 0. The third-order valence-electron chi connectivity index (χ3n) is 4.11. The fourth-order valence-corrected chi connectivity index (χ4v) is 6.45. The zero-order valence-electron chi connectivity index (χ0n) is 11.2. The van der Waals surface area contributed by atoms with Crippen LogP contribution in [0.2, 0.25) is 0 Å². The molecule has 7 heteroatoms. The van der Waals surface area contributed by atoms with Crippen LogP contribution in [0.25, 0.3) is 0 Å². The molecule has 1 atom stereocenters. The van der Waals surface area contributed by atoms with Crippen LogP contribution in [0.5, 0.6) is 0 Å². The van der Waals surface area contributed by atoms with E-state index in [1.807, 2.05) is 0 Å². The van der Waals surface area contributed by atoms with Gasteiger partial charge in [0.05, 0.1) is 22.5 Å². The largest absolute Gasteiger partial charge is 0.312 e. The van der Waals surface area contributed by atoms with Gasteiger partial charge in [0.25, 0.3) is 0 Å². The molecule has 0 bridgehead atoms. The molecule has 1 unspecified atom stereocenters. The van der Waals surface area contributed by atoms with Crippen molar-refractivity contribution >= 4 is 19.7 Å². The van der Waals surface area contributed by atoms with Crippen LogP contribution in [0, 0.1) is 0 Å². The van der Waals surface area contributed by atoms with Crippen LogP contribution in [-0.2, 0) is 19.7 Å². The van der Waals surface area contributed by atoms with E-state index in [0.717, 1.165) is 32.1 Å². The monoisotopic (exact) mass is 309 g/mol. The fraction of sp³-hybridized carbons (Fsp3) is 1.00. The molecule has 0 spiro atoms. The molecule has 0 amide bonds. The molecule has 19 heavy (non-hydrogen) atoms. The molecule has 5 nitrogen and oxygen atoms in total. The van der Waals surface area contributed by atoms with Gasteiger partial charge in [0.2, 0.25) is 0 Å². The molecule has 2 aliphatic rings. The Kier molecular flexibility index (Phi) is 4.89. The summed E-state index contributed by atoms with van der Waals surface area (Å²) in [5, 5.41) is 2.90. The Morgan fingerprint density at radius 3 is 2.32 bits per heavy atom. The molecule has 2 rings (SSSR count). The van der Waals surface area contributed by atoms with Gasteiger partial charge < -0.3 is 5.32 Å². The van der Waals surface area contributed by atoms with Gasteiger partial charge in [-0.2, -0.15) is 0 Å². The number of sulfone groups is 2. The maximum Gasteiger partial charge on any atom is 0.154 e. The molecule has 1 saturated heterocycles. The molecular weight excluding hydrogens is 286 g/mol. The maximum atomic E-state index is 12.1. The molecule has 1 aliphatic carbocycles. The minimum absolute atomic E-state index is 0.0634. The third kappa shape index (κ3) is 4.43. The van der Waals surface area contributed by atoms with Crippen molar-refractivity contribution < 1.29 is 16.8 Å². The maximum absolute atomic E-state index is 12.1. The topological polar surface area (TPSA) is 80.3 Å². The predicted octanol–water partition coefficient (Wildman–Crippen LogP) is 0.511. The summed E-state index contributed by atoms with van der Waals surface area (Å²) in [6.07, 6.45) is 5.35. The highest BCUT2D eigenvalue weighted by Crippen LogP contribution is 2.24. The van der Waals surface area contributed by atoms with Gasteiger partial charge in [0.15, 0.2) is 19.7 Å². The predicted molar refractivity (Wildman–Crippen MR) is 75.7 cm³/mol. The Hall–Kier alpha value is -0.140. The van der Waals surface area contributed by atoms with Crippen molar-refractivity contribution in [3.63, 3.8) is 0 Å². The van der Waals surface area contributed by atoms with Crippen LogP contribution >= 0.6 is 0 Å². The van der Waals surface area contributed by atoms with Crippen molar-refractivity contribution in [1.29, 1.82) is 0 Å². The van der Waals surface area contributed by atoms with Gasteiger partial charge in [-0.15, -0.1) is 0 Å². The summed E-state index contributed by atoms with van der Waals surface area (Å²) in [6.45, 7) is 0.374. The Balaban J connectivity index is 1.75. The highest BCUT2D eigenvalue weighted by Gasteiger charge is 2.29. The average molecular weight is 309 g/mol. The Labute approximate surface area is 116 Å². The standard InChI is InChI=1S/C12H23NO4S2/c14-18(15)8-6-11(10-18)13-7-9-19(16,17)12-4-2-1-3-5-12/h11-13H,1-10H2. The van der Waals surface area contributed by atoms with Crippen molar-refractivity contribution in [2.75, 3.05) is 23.8 Å². The van der Waals surface area contributed by atoms with Crippen molar-refractivity contribution in [3.8, 4) is 0 Å². The normalized spacial score (nSPS) is 28.5. The quantitative estimate of drug-likeness (QED) is 0.800. The smallest absolute Gasteiger partial charge is 0.154 e. The van der Waals surface area contributed by atoms with Crippen LogP contribution in [0.15, 0.2) is 0 Å². The summed E-state index contributed by atoms with van der Waals surface area (Å²) in [7, 11) is -5.91. The van der Waals surface area contributed by atoms with E-state index >= 15 is 0 Å². The number of rotatable bonds is 5. The Morgan fingerprint density at radius 1 is 1.05 bits per heavy atom. The van der Waals surface area contributed by atoms with Crippen LogP contribution in [0.4, 0.5) is 0 Å². The number of hydrogen-bond acceptors (Lipinski definition) is 5. The molecule has 0 radical (unpaired) electrons. The summed E-state index contributed by atoms with van der Waals surface area (Å²) >= 11 is 0. The van der Waals surface area contributed by atoms with Crippen molar-refractivity contribution in [1.82, 2.24) is 5.32 Å². The van der Waals surface area contributed by atoms with E-state index in [0.29, 0.717) is 13.0 Å². The zero-order chi connectivity index (χ0) is 13.9. The van der Waals surface area contributed by atoms with Crippen molar-refractivity contribution in [2.45, 2.75) is 49.8 Å². The number of hydrogen-bond donors (Lipinski definition) is 1. The molecule has 1 saturated carbocycles. The van der Waals surface area contributed by atoms with Crippen molar-refractivity contribution in [3.05, 3.63) is 0 Å². The minimum Gasteiger partial charge on any atom is -0.312 e. The first-order valence-electron chi connectivity index (χ1n) is 7.04. The van der Waals surface area contributed by atoms with E-state index in [2.05, 4.69) is 5.32 Å². The molecule has 1 heterocycles. The second-order valence-corrected chi connectivity index (χ2v) is 10.3. The molecule has 112 valence electrons. The molecule has 2 fully saturated rings. The van der Waals surface area contributed by atoms with E-state index in [1.54, 1.807) is 0 Å². The second-order valence-electron chi connectivity index (χ2n) is 5.68. The summed E-state index contributed by atoms with van der Waals surface area (Å²) < 4.78 is 46.8. The summed E-state index contributed by atoms with van der Waals surface area (Å²) in [5.74, 6) is 0.505. The third-order valence-corrected chi connectivity index (χ3v) is 8.14. The van der Waals surface area contributed by atoms with Gasteiger partial charge in [0.1, 0.15) is 0 Å². The van der Waals surface area contributed by atoms with Gasteiger partial charge >= 0.3 is 0 Å². The SMILES string of the molecule is O=S1(=O)CCC(NCCS(=O)(=O)C2CCCCC2)C1. The van der Waals surface area contributed by atoms with Crippen LogP contribution in [-0.4, -0.2) is 51.9 Å². The van der Waals surface area contributed by atoms with E-state index in [1.165, 1.54) is 0 Å². The number of nitrogens with one attached hydrogen (secondary N) is 1. The van der Waals surface area contributed by atoms with E-state index in [9.17, 15) is 16.8 Å². The lowest BCUT2D eigenvalue weighted by atomic mass is 10.0. The first-order chi connectivity index (χ1) is 8.89.